The van der Waals surface area contributed by atoms with Gasteiger partial charge >= 0.3 is 0 Å². The van der Waals surface area contributed by atoms with E-state index in [0.29, 0.717) is 11.5 Å². The molecule has 2 aromatic rings. The Kier molecular flexibility index (Phi) is 4.84. The summed E-state index contributed by atoms with van der Waals surface area (Å²) in [6.07, 6.45) is -1.15. The van der Waals surface area contributed by atoms with Crippen molar-refractivity contribution in [3.63, 3.8) is 0 Å². The second-order valence-corrected chi connectivity index (χ2v) is 5.38. The molecule has 2 unspecified atom stereocenters. The van der Waals surface area contributed by atoms with Gasteiger partial charge in [0.15, 0.2) is 23.1 Å². The molecule has 24 heavy (non-hydrogen) atoms. The fraction of sp³-hybridized carbons (Fsp3) is 0.278. The summed E-state index contributed by atoms with van der Waals surface area (Å²) in [5, 5.41) is 2.71. The van der Waals surface area contributed by atoms with Crippen LogP contribution in [0.1, 0.15) is 6.92 Å². The van der Waals surface area contributed by atoms with Crippen LogP contribution in [-0.4, -0.2) is 31.3 Å². The molecule has 126 valence electrons. The third kappa shape index (κ3) is 3.59. The number of hydrogen-bond acceptors (Lipinski definition) is 4. The molecule has 0 aliphatic carbocycles. The van der Waals surface area contributed by atoms with Gasteiger partial charge in [0.05, 0.1) is 6.54 Å². The van der Waals surface area contributed by atoms with E-state index < -0.39 is 18.0 Å². The first-order valence-electron chi connectivity index (χ1n) is 7.72. The van der Waals surface area contributed by atoms with E-state index in [4.69, 9.17) is 14.2 Å². The first-order chi connectivity index (χ1) is 11.6. The van der Waals surface area contributed by atoms with Crippen LogP contribution in [-0.2, 0) is 4.79 Å². The highest BCUT2D eigenvalue weighted by atomic mass is 19.1. The molecule has 0 aromatic heterocycles. The molecular weight excluding hydrogens is 313 g/mol. The van der Waals surface area contributed by atoms with Crippen LogP contribution in [0.5, 0.6) is 17.2 Å². The largest absolute Gasteiger partial charge is 0.489 e. The summed E-state index contributed by atoms with van der Waals surface area (Å²) in [5.74, 6) is 0.591. The molecule has 0 fully saturated rings. The SMILES string of the molecule is CC1Oc2ccccc2OC1C(=O)NCCOc1ccccc1F. The highest BCUT2D eigenvalue weighted by molar-refractivity contribution is 5.82. The normalized spacial score (nSPS) is 18.8. The molecule has 2 atom stereocenters. The second kappa shape index (κ2) is 7.21. The Morgan fingerprint density at radius 1 is 1.12 bits per heavy atom. The van der Waals surface area contributed by atoms with Gasteiger partial charge in [0.2, 0.25) is 6.10 Å². The van der Waals surface area contributed by atoms with Crippen LogP contribution in [0.15, 0.2) is 48.5 Å². The van der Waals surface area contributed by atoms with E-state index in [0.717, 1.165) is 0 Å². The van der Waals surface area contributed by atoms with Crippen LogP contribution in [0.4, 0.5) is 4.39 Å². The summed E-state index contributed by atoms with van der Waals surface area (Å²) in [7, 11) is 0. The lowest BCUT2D eigenvalue weighted by Crippen LogP contribution is -2.49. The van der Waals surface area contributed by atoms with Crippen molar-refractivity contribution >= 4 is 5.91 Å². The van der Waals surface area contributed by atoms with Gasteiger partial charge in [-0.3, -0.25) is 4.79 Å². The summed E-state index contributed by atoms with van der Waals surface area (Å²) in [6.45, 7) is 2.17. The number of para-hydroxylation sites is 3. The lowest BCUT2D eigenvalue weighted by atomic mass is 10.1. The minimum atomic E-state index is -0.742. The van der Waals surface area contributed by atoms with Crippen LogP contribution in [0.3, 0.4) is 0 Å². The lowest BCUT2D eigenvalue weighted by molar-refractivity contribution is -0.133. The smallest absolute Gasteiger partial charge is 0.265 e. The minimum absolute atomic E-state index is 0.158. The number of carbonyl (C=O) groups is 1. The number of fused-ring (bicyclic) bond motifs is 1. The van der Waals surface area contributed by atoms with Gasteiger partial charge in [0.1, 0.15) is 12.7 Å². The van der Waals surface area contributed by atoms with Crippen molar-refractivity contribution < 1.29 is 23.4 Å². The average Bonchev–Trinajstić information content (AvgIpc) is 2.59. The van der Waals surface area contributed by atoms with Crippen LogP contribution in [0.25, 0.3) is 0 Å². The van der Waals surface area contributed by atoms with E-state index in [2.05, 4.69) is 5.32 Å². The van der Waals surface area contributed by atoms with E-state index in [1.807, 2.05) is 12.1 Å². The molecule has 0 saturated carbocycles. The zero-order valence-corrected chi connectivity index (χ0v) is 13.2. The van der Waals surface area contributed by atoms with Crippen molar-refractivity contribution in [3.8, 4) is 17.2 Å². The first-order valence-corrected chi connectivity index (χ1v) is 7.72. The van der Waals surface area contributed by atoms with Crippen molar-refractivity contribution in [2.45, 2.75) is 19.1 Å². The van der Waals surface area contributed by atoms with E-state index in [-0.39, 0.29) is 24.8 Å². The Morgan fingerprint density at radius 2 is 1.79 bits per heavy atom. The van der Waals surface area contributed by atoms with E-state index in [1.54, 1.807) is 31.2 Å². The van der Waals surface area contributed by atoms with E-state index >= 15 is 0 Å². The number of ether oxygens (including phenoxy) is 3. The number of carbonyl (C=O) groups excluding carboxylic acids is 1. The third-order valence-electron chi connectivity index (χ3n) is 3.60. The Balaban J connectivity index is 1.50. The maximum Gasteiger partial charge on any atom is 0.265 e. The highest BCUT2D eigenvalue weighted by Crippen LogP contribution is 2.33. The molecule has 0 saturated heterocycles. The highest BCUT2D eigenvalue weighted by Gasteiger charge is 2.33. The number of amides is 1. The molecular formula is C18H18FNO4. The number of benzene rings is 2. The summed E-state index contributed by atoms with van der Waals surface area (Å²) in [6, 6.07) is 13.3. The number of halogens is 1. The zero-order valence-electron chi connectivity index (χ0n) is 13.2. The number of hydrogen-bond donors (Lipinski definition) is 1. The summed E-state index contributed by atoms with van der Waals surface area (Å²) in [5.41, 5.74) is 0. The standard InChI is InChI=1S/C18H18FNO4/c1-12-17(24-16-9-5-4-8-15(16)23-12)18(21)20-10-11-22-14-7-3-2-6-13(14)19/h2-9,12,17H,10-11H2,1H3,(H,20,21). The summed E-state index contributed by atoms with van der Waals surface area (Å²) < 4.78 is 30.1. The van der Waals surface area contributed by atoms with Crippen molar-refractivity contribution in [2.75, 3.05) is 13.2 Å². The molecule has 2 aromatic carbocycles. The molecule has 5 nitrogen and oxygen atoms in total. The topological polar surface area (TPSA) is 56.8 Å². The molecule has 0 spiro atoms. The monoisotopic (exact) mass is 331 g/mol. The van der Waals surface area contributed by atoms with Gasteiger partial charge in [-0.25, -0.2) is 4.39 Å². The van der Waals surface area contributed by atoms with Gasteiger partial charge < -0.3 is 19.5 Å². The number of nitrogens with one attached hydrogen (secondary N) is 1. The van der Waals surface area contributed by atoms with E-state index in [9.17, 15) is 9.18 Å². The molecule has 3 rings (SSSR count). The Bertz CT molecular complexity index is 722. The van der Waals surface area contributed by atoms with Gasteiger partial charge in [-0.2, -0.15) is 0 Å². The molecule has 1 N–H and O–H groups in total. The Morgan fingerprint density at radius 3 is 2.54 bits per heavy atom. The molecule has 6 heteroatoms. The lowest BCUT2D eigenvalue weighted by Gasteiger charge is -2.31. The van der Waals surface area contributed by atoms with Crippen LogP contribution >= 0.6 is 0 Å². The van der Waals surface area contributed by atoms with Gasteiger partial charge in [-0.05, 0) is 31.2 Å². The first kappa shape index (κ1) is 16.1. The predicted molar refractivity (Wildman–Crippen MR) is 85.9 cm³/mol. The van der Waals surface area contributed by atoms with Crippen molar-refractivity contribution in [1.29, 1.82) is 0 Å². The number of rotatable bonds is 5. The van der Waals surface area contributed by atoms with Gasteiger partial charge in [0, 0.05) is 0 Å². The fourth-order valence-electron chi connectivity index (χ4n) is 2.40. The van der Waals surface area contributed by atoms with Crippen molar-refractivity contribution in [1.82, 2.24) is 5.32 Å². The second-order valence-electron chi connectivity index (χ2n) is 5.38. The maximum atomic E-state index is 13.4. The molecule has 1 aliphatic rings. The summed E-state index contributed by atoms with van der Waals surface area (Å²) >= 11 is 0. The molecule has 1 heterocycles. The van der Waals surface area contributed by atoms with Crippen molar-refractivity contribution in [2.24, 2.45) is 0 Å². The fourth-order valence-corrected chi connectivity index (χ4v) is 2.40. The van der Waals surface area contributed by atoms with Gasteiger partial charge in [0.25, 0.3) is 5.91 Å². The van der Waals surface area contributed by atoms with Crippen LogP contribution < -0.4 is 19.5 Å². The van der Waals surface area contributed by atoms with Crippen LogP contribution in [0.2, 0.25) is 0 Å². The molecule has 0 radical (unpaired) electrons. The van der Waals surface area contributed by atoms with E-state index in [1.165, 1.54) is 12.1 Å². The average molecular weight is 331 g/mol. The van der Waals surface area contributed by atoms with Crippen molar-refractivity contribution in [3.05, 3.63) is 54.3 Å². The van der Waals surface area contributed by atoms with Gasteiger partial charge in [-0.15, -0.1) is 0 Å². The minimum Gasteiger partial charge on any atom is -0.489 e. The van der Waals surface area contributed by atoms with Crippen LogP contribution in [0, 0.1) is 5.82 Å². The predicted octanol–water partition coefficient (Wildman–Crippen LogP) is 2.55. The molecule has 1 aliphatic heterocycles. The molecule has 0 bridgehead atoms. The Hall–Kier alpha value is -2.76. The van der Waals surface area contributed by atoms with Gasteiger partial charge in [-0.1, -0.05) is 24.3 Å². The third-order valence-corrected chi connectivity index (χ3v) is 3.60. The zero-order chi connectivity index (χ0) is 16.9. The molecule has 1 amide bonds. The quantitative estimate of drug-likeness (QED) is 0.856. The Labute approximate surface area is 139 Å². The maximum absolute atomic E-state index is 13.4. The summed E-state index contributed by atoms with van der Waals surface area (Å²) in [4.78, 5) is 12.3.